The molecular weight excluding hydrogens is 378 g/mol. The van der Waals surface area contributed by atoms with Gasteiger partial charge in [-0.15, -0.1) is 11.3 Å². The average molecular weight is 385 g/mol. The monoisotopic (exact) mass is 384 g/mol. The third kappa shape index (κ3) is 2.50. The lowest BCUT2D eigenvalue weighted by Gasteiger charge is -2.04. The molecule has 0 atom stereocenters. The number of hydrogen-bond acceptors (Lipinski definition) is 3. The Hall–Kier alpha value is 0.0900. The van der Waals surface area contributed by atoms with Crippen LogP contribution in [0.25, 0.3) is 10.7 Å². The van der Waals surface area contributed by atoms with Gasteiger partial charge in [0.1, 0.15) is 5.15 Å². The second-order valence-corrected chi connectivity index (χ2v) is 6.21. The molecule has 2 aromatic heterocycles. The first-order valence-corrected chi connectivity index (χ1v) is 7.24. The van der Waals surface area contributed by atoms with Gasteiger partial charge in [-0.1, -0.05) is 30.1 Å². The van der Waals surface area contributed by atoms with Gasteiger partial charge >= 0.3 is 0 Å². The predicted octanol–water partition coefficient (Wildman–Crippen LogP) is 4.68. The van der Waals surface area contributed by atoms with E-state index in [-0.39, 0.29) is 0 Å². The van der Waals surface area contributed by atoms with Gasteiger partial charge in [-0.25, -0.2) is 9.97 Å². The van der Waals surface area contributed by atoms with Crippen LogP contribution < -0.4 is 0 Å². The highest BCUT2D eigenvalue weighted by Gasteiger charge is 2.12. The standard InChI is InChI=1S/C10H7Cl2IN2S/c1-2-5-8(13)9(12)15-10(14-5)6-3-4-7(11)16-6/h3-4H,2H2,1H3. The molecule has 6 heteroatoms. The third-order valence-corrected chi connectivity index (χ3v) is 4.96. The Morgan fingerprint density at radius 1 is 1.31 bits per heavy atom. The first kappa shape index (κ1) is 12.5. The lowest BCUT2D eigenvalue weighted by Crippen LogP contribution is -1.98. The number of rotatable bonds is 2. The summed E-state index contributed by atoms with van der Waals surface area (Å²) in [5.41, 5.74) is 0.972. The van der Waals surface area contributed by atoms with E-state index in [9.17, 15) is 0 Å². The fourth-order valence-electron chi connectivity index (χ4n) is 1.24. The number of hydrogen-bond donors (Lipinski definition) is 0. The number of aromatic nitrogens is 2. The Kier molecular flexibility index (Phi) is 4.05. The lowest BCUT2D eigenvalue weighted by atomic mass is 10.3. The van der Waals surface area contributed by atoms with Crippen LogP contribution in [0.3, 0.4) is 0 Å². The van der Waals surface area contributed by atoms with Gasteiger partial charge in [0.05, 0.1) is 18.5 Å². The zero-order chi connectivity index (χ0) is 11.7. The van der Waals surface area contributed by atoms with Crippen LogP contribution in [0.1, 0.15) is 12.6 Å². The highest BCUT2D eigenvalue weighted by molar-refractivity contribution is 14.1. The van der Waals surface area contributed by atoms with E-state index >= 15 is 0 Å². The van der Waals surface area contributed by atoms with Gasteiger partial charge in [-0.3, -0.25) is 0 Å². The Bertz CT molecular complexity index is 528. The normalized spacial score (nSPS) is 10.8. The molecule has 0 saturated carbocycles. The van der Waals surface area contributed by atoms with Crippen LogP contribution in [-0.2, 0) is 6.42 Å². The van der Waals surface area contributed by atoms with Crippen LogP contribution in [0, 0.1) is 3.57 Å². The number of thiophene rings is 1. The van der Waals surface area contributed by atoms with Crippen LogP contribution >= 0.6 is 57.1 Å². The SMILES string of the molecule is CCc1nc(-c2ccc(Cl)s2)nc(Cl)c1I. The molecule has 0 N–H and O–H groups in total. The van der Waals surface area contributed by atoms with Gasteiger partial charge in [0.15, 0.2) is 5.82 Å². The summed E-state index contributed by atoms with van der Waals surface area (Å²) in [6, 6.07) is 3.74. The number of halogens is 3. The fourth-order valence-corrected chi connectivity index (χ4v) is 3.03. The summed E-state index contributed by atoms with van der Waals surface area (Å²) < 4.78 is 1.65. The van der Waals surface area contributed by atoms with Crippen LogP contribution in [0.15, 0.2) is 12.1 Å². The summed E-state index contributed by atoms with van der Waals surface area (Å²) in [6.45, 7) is 2.05. The fraction of sp³-hybridized carbons (Fsp3) is 0.200. The van der Waals surface area contributed by atoms with E-state index in [0.29, 0.717) is 11.0 Å². The Labute approximate surface area is 121 Å². The summed E-state index contributed by atoms with van der Waals surface area (Å²) in [4.78, 5) is 9.69. The second kappa shape index (κ2) is 5.16. The number of nitrogens with zero attached hydrogens (tertiary/aromatic N) is 2. The molecule has 2 nitrogen and oxygen atoms in total. The molecule has 0 aliphatic rings. The van der Waals surface area contributed by atoms with Gasteiger partial charge in [0.25, 0.3) is 0 Å². The molecule has 0 aliphatic carbocycles. The van der Waals surface area contributed by atoms with E-state index in [0.717, 1.165) is 24.9 Å². The van der Waals surface area contributed by atoms with Crippen molar-refractivity contribution in [3.05, 3.63) is 30.9 Å². The van der Waals surface area contributed by atoms with Gasteiger partial charge in [0, 0.05) is 0 Å². The summed E-state index contributed by atoms with van der Waals surface area (Å²) >= 11 is 15.6. The Balaban J connectivity index is 2.54. The van der Waals surface area contributed by atoms with E-state index in [1.54, 1.807) is 0 Å². The molecule has 0 saturated heterocycles. The van der Waals surface area contributed by atoms with Gasteiger partial charge in [0.2, 0.25) is 0 Å². The molecule has 0 radical (unpaired) electrons. The lowest BCUT2D eigenvalue weighted by molar-refractivity contribution is 0.992. The zero-order valence-electron chi connectivity index (χ0n) is 8.30. The minimum Gasteiger partial charge on any atom is -0.231 e. The molecular formula is C10H7Cl2IN2S. The second-order valence-electron chi connectivity index (χ2n) is 3.06. The van der Waals surface area contributed by atoms with Crippen molar-refractivity contribution in [3.8, 4) is 10.7 Å². The minimum absolute atomic E-state index is 0.506. The maximum Gasteiger partial charge on any atom is 0.171 e. The average Bonchev–Trinajstić information content (AvgIpc) is 2.69. The van der Waals surface area contributed by atoms with Crippen LogP contribution in [0.5, 0.6) is 0 Å². The molecule has 0 unspecified atom stereocenters. The van der Waals surface area contributed by atoms with Crippen molar-refractivity contribution < 1.29 is 0 Å². The molecule has 2 aromatic rings. The molecule has 0 bridgehead atoms. The predicted molar refractivity (Wildman–Crippen MR) is 77.5 cm³/mol. The van der Waals surface area contributed by atoms with Gasteiger partial charge in [-0.2, -0.15) is 0 Å². The van der Waals surface area contributed by atoms with Crippen LogP contribution in [-0.4, -0.2) is 9.97 Å². The minimum atomic E-state index is 0.506. The quantitative estimate of drug-likeness (QED) is 0.555. The van der Waals surface area contributed by atoms with E-state index in [4.69, 9.17) is 23.2 Å². The van der Waals surface area contributed by atoms with E-state index in [1.165, 1.54) is 11.3 Å². The smallest absolute Gasteiger partial charge is 0.171 e. The van der Waals surface area contributed by atoms with Crippen molar-refractivity contribution in [2.45, 2.75) is 13.3 Å². The molecule has 0 aromatic carbocycles. The van der Waals surface area contributed by atoms with E-state index in [2.05, 4.69) is 32.6 Å². The van der Waals surface area contributed by atoms with E-state index in [1.807, 2.05) is 19.1 Å². The Morgan fingerprint density at radius 3 is 2.62 bits per heavy atom. The van der Waals surface area contributed by atoms with Crippen molar-refractivity contribution in [1.82, 2.24) is 9.97 Å². The molecule has 0 fully saturated rings. The van der Waals surface area contributed by atoms with Crippen LogP contribution in [0.4, 0.5) is 0 Å². The van der Waals surface area contributed by atoms with Gasteiger partial charge < -0.3 is 0 Å². The summed E-state index contributed by atoms with van der Waals surface area (Å²) in [5.74, 6) is 0.652. The molecule has 0 spiro atoms. The van der Waals surface area contributed by atoms with Crippen molar-refractivity contribution in [2.24, 2.45) is 0 Å². The summed E-state index contributed by atoms with van der Waals surface area (Å²) in [7, 11) is 0. The first-order valence-electron chi connectivity index (χ1n) is 4.59. The van der Waals surface area contributed by atoms with Crippen molar-refractivity contribution in [1.29, 1.82) is 0 Å². The molecule has 2 heterocycles. The largest absolute Gasteiger partial charge is 0.231 e. The van der Waals surface area contributed by atoms with Crippen LogP contribution in [0.2, 0.25) is 9.49 Å². The van der Waals surface area contributed by atoms with E-state index < -0.39 is 0 Å². The molecule has 84 valence electrons. The summed E-state index contributed by atoms with van der Waals surface area (Å²) in [5, 5.41) is 0.506. The molecule has 16 heavy (non-hydrogen) atoms. The number of aryl methyl sites for hydroxylation is 1. The highest BCUT2D eigenvalue weighted by Crippen LogP contribution is 2.31. The van der Waals surface area contributed by atoms with Crippen molar-refractivity contribution >= 4 is 57.1 Å². The molecule has 0 amide bonds. The first-order chi connectivity index (χ1) is 7.61. The topological polar surface area (TPSA) is 25.8 Å². The van der Waals surface area contributed by atoms with Crippen molar-refractivity contribution in [3.63, 3.8) is 0 Å². The molecule has 0 aliphatic heterocycles. The third-order valence-electron chi connectivity index (χ3n) is 2.01. The maximum absolute atomic E-state index is 6.07. The van der Waals surface area contributed by atoms with Gasteiger partial charge in [-0.05, 0) is 41.1 Å². The van der Waals surface area contributed by atoms with Crippen molar-refractivity contribution in [2.75, 3.05) is 0 Å². The molecule has 2 rings (SSSR count). The maximum atomic E-state index is 6.07. The Morgan fingerprint density at radius 2 is 2.06 bits per heavy atom. The highest BCUT2D eigenvalue weighted by atomic mass is 127. The summed E-state index contributed by atoms with van der Waals surface area (Å²) in [6.07, 6.45) is 0.840. The zero-order valence-corrected chi connectivity index (χ0v) is 12.8.